The van der Waals surface area contributed by atoms with Crippen LogP contribution in [-0.2, 0) is 0 Å². The van der Waals surface area contributed by atoms with Crippen molar-refractivity contribution in [1.82, 2.24) is 0 Å². The minimum absolute atomic E-state index is 0.112. The van der Waals surface area contributed by atoms with Gasteiger partial charge in [-0.25, -0.2) is 0 Å². The van der Waals surface area contributed by atoms with E-state index in [0.29, 0.717) is 0 Å². The zero-order valence-corrected chi connectivity index (χ0v) is 12.2. The van der Waals surface area contributed by atoms with Crippen LogP contribution >= 0.6 is 15.9 Å². The second-order valence-corrected chi connectivity index (χ2v) is 5.69. The van der Waals surface area contributed by atoms with Gasteiger partial charge in [0.15, 0.2) is 0 Å². The van der Waals surface area contributed by atoms with E-state index in [1.807, 2.05) is 6.07 Å². The molecular weight excluding hydrogens is 290 g/mol. The molecule has 0 unspecified atom stereocenters. The molecule has 18 heavy (non-hydrogen) atoms. The third kappa shape index (κ3) is 3.25. The highest BCUT2D eigenvalue weighted by molar-refractivity contribution is 9.10. The fourth-order valence-electron chi connectivity index (χ4n) is 2.42. The zero-order chi connectivity index (χ0) is 13.0. The van der Waals surface area contributed by atoms with Gasteiger partial charge in [-0.15, -0.1) is 0 Å². The molecule has 1 aromatic rings. The summed E-state index contributed by atoms with van der Waals surface area (Å²) in [5.74, 6) is 0.112. The first-order valence-corrected chi connectivity index (χ1v) is 7.36. The van der Waals surface area contributed by atoms with Crippen LogP contribution in [0.25, 0.3) is 0 Å². The van der Waals surface area contributed by atoms with E-state index in [1.165, 1.54) is 37.8 Å². The maximum atomic E-state index is 7.49. The Morgan fingerprint density at radius 1 is 1.11 bits per heavy atom. The summed E-state index contributed by atoms with van der Waals surface area (Å²) in [6.45, 7) is 2.26. The molecule has 1 aromatic carbocycles. The predicted octanol–water partition coefficient (Wildman–Crippen LogP) is 3.50. The molecule has 0 spiro atoms. The highest BCUT2D eigenvalue weighted by Crippen LogP contribution is 2.25. The Hall–Kier alpha value is -1.03. The van der Waals surface area contributed by atoms with E-state index in [9.17, 15) is 0 Å². The Balaban J connectivity index is 2.16. The lowest BCUT2D eigenvalue weighted by atomic mass is 10.1. The molecule has 0 bridgehead atoms. The Morgan fingerprint density at radius 2 is 1.72 bits per heavy atom. The average Bonchev–Trinajstić information content (AvgIpc) is 2.27. The summed E-state index contributed by atoms with van der Waals surface area (Å²) in [6.07, 6.45) is 6.59. The molecule has 0 atom stereocenters. The molecule has 0 saturated carbocycles. The monoisotopic (exact) mass is 309 g/mol. The largest absolute Gasteiger partial charge is 0.384 e. The van der Waals surface area contributed by atoms with Gasteiger partial charge in [0.1, 0.15) is 5.84 Å². The molecule has 1 aliphatic heterocycles. The van der Waals surface area contributed by atoms with E-state index in [4.69, 9.17) is 11.1 Å². The van der Waals surface area contributed by atoms with E-state index in [1.54, 1.807) is 0 Å². The molecule has 4 heteroatoms. The summed E-state index contributed by atoms with van der Waals surface area (Å²) < 4.78 is 0.912. The topological polar surface area (TPSA) is 53.1 Å². The third-order valence-electron chi connectivity index (χ3n) is 3.46. The molecule has 3 N–H and O–H groups in total. The number of nitrogens with one attached hydrogen (secondary N) is 1. The van der Waals surface area contributed by atoms with Crippen LogP contribution in [0, 0.1) is 5.41 Å². The van der Waals surface area contributed by atoms with Gasteiger partial charge < -0.3 is 10.6 Å². The number of anilines is 1. The van der Waals surface area contributed by atoms with Crippen LogP contribution in [0.1, 0.15) is 37.7 Å². The number of benzene rings is 1. The van der Waals surface area contributed by atoms with Crippen molar-refractivity contribution in [3.05, 3.63) is 28.2 Å². The first-order valence-electron chi connectivity index (χ1n) is 6.57. The Kier molecular flexibility index (Phi) is 4.64. The molecule has 1 saturated heterocycles. The van der Waals surface area contributed by atoms with Gasteiger partial charge in [0.25, 0.3) is 0 Å². The number of halogens is 1. The van der Waals surface area contributed by atoms with E-state index < -0.39 is 0 Å². The molecule has 0 radical (unpaired) electrons. The molecule has 98 valence electrons. The van der Waals surface area contributed by atoms with Crippen molar-refractivity contribution in [2.75, 3.05) is 18.0 Å². The fraction of sp³-hybridized carbons (Fsp3) is 0.500. The summed E-state index contributed by atoms with van der Waals surface area (Å²) in [7, 11) is 0. The third-order valence-corrected chi connectivity index (χ3v) is 4.12. The molecule has 0 amide bonds. The lowest BCUT2D eigenvalue weighted by Crippen LogP contribution is -2.27. The Bertz CT molecular complexity index is 423. The van der Waals surface area contributed by atoms with Gasteiger partial charge in [-0.2, -0.15) is 0 Å². The van der Waals surface area contributed by atoms with Gasteiger partial charge >= 0.3 is 0 Å². The highest BCUT2D eigenvalue weighted by Gasteiger charge is 2.11. The Labute approximate surface area is 117 Å². The van der Waals surface area contributed by atoms with Gasteiger partial charge in [0, 0.05) is 28.8 Å². The van der Waals surface area contributed by atoms with Crippen molar-refractivity contribution >= 4 is 27.5 Å². The number of nitrogen functional groups attached to an aromatic ring is 1. The maximum Gasteiger partial charge on any atom is 0.123 e. The first-order chi connectivity index (χ1) is 8.68. The molecule has 2 rings (SSSR count). The fourth-order valence-corrected chi connectivity index (χ4v) is 3.01. The average molecular weight is 310 g/mol. The number of amidine groups is 1. The van der Waals surface area contributed by atoms with Crippen LogP contribution < -0.4 is 10.6 Å². The quantitative estimate of drug-likeness (QED) is 0.649. The predicted molar refractivity (Wildman–Crippen MR) is 80.5 cm³/mol. The van der Waals surface area contributed by atoms with Gasteiger partial charge in [0.2, 0.25) is 0 Å². The van der Waals surface area contributed by atoms with Crippen molar-refractivity contribution in [3.63, 3.8) is 0 Å². The summed E-state index contributed by atoms with van der Waals surface area (Å²) >= 11 is 3.50. The smallest absolute Gasteiger partial charge is 0.123 e. The van der Waals surface area contributed by atoms with E-state index in [-0.39, 0.29) is 5.84 Å². The van der Waals surface area contributed by atoms with Crippen LogP contribution in [0.15, 0.2) is 22.7 Å². The Morgan fingerprint density at radius 3 is 2.28 bits per heavy atom. The summed E-state index contributed by atoms with van der Waals surface area (Å²) in [4.78, 5) is 2.44. The van der Waals surface area contributed by atoms with Gasteiger partial charge in [-0.05, 0) is 47.0 Å². The van der Waals surface area contributed by atoms with Crippen LogP contribution in [0.3, 0.4) is 0 Å². The van der Waals surface area contributed by atoms with Crippen molar-refractivity contribution < 1.29 is 0 Å². The maximum absolute atomic E-state index is 7.49. The molecule has 3 nitrogen and oxygen atoms in total. The zero-order valence-electron chi connectivity index (χ0n) is 10.6. The number of hydrogen-bond acceptors (Lipinski definition) is 2. The molecular formula is C14H20BrN3. The lowest BCUT2D eigenvalue weighted by molar-refractivity contribution is 0.556. The highest BCUT2D eigenvalue weighted by atomic mass is 79.9. The van der Waals surface area contributed by atoms with Gasteiger partial charge in [-0.3, -0.25) is 5.41 Å². The van der Waals surface area contributed by atoms with Gasteiger partial charge in [-0.1, -0.05) is 19.3 Å². The number of nitrogens with two attached hydrogens (primary N) is 1. The van der Waals surface area contributed by atoms with Gasteiger partial charge in [0.05, 0.1) is 0 Å². The van der Waals surface area contributed by atoms with E-state index >= 15 is 0 Å². The van der Waals surface area contributed by atoms with E-state index in [2.05, 4.69) is 33.0 Å². The molecule has 0 aliphatic carbocycles. The van der Waals surface area contributed by atoms with Crippen LogP contribution in [0.4, 0.5) is 5.69 Å². The van der Waals surface area contributed by atoms with Crippen molar-refractivity contribution in [1.29, 1.82) is 5.41 Å². The molecule has 1 heterocycles. The second kappa shape index (κ2) is 6.23. The van der Waals surface area contributed by atoms with Crippen LogP contribution in [0.2, 0.25) is 0 Å². The van der Waals surface area contributed by atoms with E-state index in [0.717, 1.165) is 23.1 Å². The van der Waals surface area contributed by atoms with Crippen LogP contribution in [0.5, 0.6) is 0 Å². The van der Waals surface area contributed by atoms with Crippen molar-refractivity contribution in [2.24, 2.45) is 5.73 Å². The van der Waals surface area contributed by atoms with Crippen molar-refractivity contribution in [2.45, 2.75) is 32.1 Å². The second-order valence-electron chi connectivity index (χ2n) is 4.83. The minimum atomic E-state index is 0.112. The first kappa shape index (κ1) is 13.4. The van der Waals surface area contributed by atoms with Crippen molar-refractivity contribution in [3.8, 4) is 0 Å². The normalized spacial score (nSPS) is 17.1. The summed E-state index contributed by atoms with van der Waals surface area (Å²) in [5, 5.41) is 7.49. The molecule has 0 aromatic heterocycles. The van der Waals surface area contributed by atoms with Crippen LogP contribution in [-0.4, -0.2) is 18.9 Å². The number of nitrogens with zero attached hydrogens (tertiary/aromatic N) is 1. The SMILES string of the molecule is N=C(N)c1ccc(N2CCCCCCC2)cc1Br. The summed E-state index contributed by atoms with van der Waals surface area (Å²) in [5.41, 5.74) is 7.53. The lowest BCUT2D eigenvalue weighted by Gasteiger charge is -2.27. The number of hydrogen-bond donors (Lipinski definition) is 2. The number of rotatable bonds is 2. The summed E-state index contributed by atoms with van der Waals surface area (Å²) in [6, 6.07) is 6.09. The standard InChI is InChI=1S/C14H20BrN3/c15-13-10-11(6-7-12(13)14(16)17)18-8-4-2-1-3-5-9-18/h6-7,10H,1-5,8-9H2,(H3,16,17). The minimum Gasteiger partial charge on any atom is -0.384 e. The molecule has 1 fully saturated rings. The molecule has 1 aliphatic rings.